The summed E-state index contributed by atoms with van der Waals surface area (Å²) in [6, 6.07) is 22.0. The van der Waals surface area contributed by atoms with E-state index in [1.165, 1.54) is 0 Å². The summed E-state index contributed by atoms with van der Waals surface area (Å²) >= 11 is 0. The number of carbonyl (C=O) groups excluding carboxylic acids is 1. The number of nitrogens with zero attached hydrogens (tertiary/aromatic N) is 4. The van der Waals surface area contributed by atoms with Crippen molar-refractivity contribution in [1.82, 2.24) is 24.6 Å². The predicted molar refractivity (Wildman–Crippen MR) is 136 cm³/mol. The molecular weight excluding hydrogens is 438 g/mol. The molecule has 1 N–H and O–H groups in total. The van der Waals surface area contributed by atoms with Gasteiger partial charge in [0.25, 0.3) is 0 Å². The van der Waals surface area contributed by atoms with Gasteiger partial charge in [0.15, 0.2) is 0 Å². The number of benzene rings is 2. The molecule has 2 aromatic heterocycles. The quantitative estimate of drug-likeness (QED) is 0.420. The van der Waals surface area contributed by atoms with Crippen molar-refractivity contribution in [3.05, 3.63) is 96.4 Å². The number of carbonyl (C=O) groups is 1. The highest BCUT2D eigenvalue weighted by Gasteiger charge is 2.27. The van der Waals surface area contributed by atoms with E-state index in [9.17, 15) is 4.79 Å². The highest BCUT2D eigenvalue weighted by molar-refractivity contribution is 5.79. The molecule has 0 spiro atoms. The third-order valence-electron chi connectivity index (χ3n) is 6.58. The van der Waals surface area contributed by atoms with Crippen molar-refractivity contribution in [1.29, 1.82) is 0 Å². The second kappa shape index (κ2) is 10.6. The van der Waals surface area contributed by atoms with E-state index in [4.69, 9.17) is 9.84 Å². The number of aromatic nitrogens is 3. The molecule has 4 aromatic rings. The topological polar surface area (TPSA) is 64.3 Å². The minimum Gasteiger partial charge on any atom is -0.496 e. The van der Waals surface area contributed by atoms with Crippen LogP contribution in [0.15, 0.2) is 85.3 Å². The summed E-state index contributed by atoms with van der Waals surface area (Å²) in [5.41, 5.74) is 3.15. The molecule has 0 aliphatic carbocycles. The van der Waals surface area contributed by atoms with Crippen molar-refractivity contribution in [3.63, 3.8) is 0 Å². The second-order valence-electron chi connectivity index (χ2n) is 8.93. The first-order valence-electron chi connectivity index (χ1n) is 12.1. The molecule has 0 radical (unpaired) electrons. The van der Waals surface area contributed by atoms with E-state index in [1.807, 2.05) is 77.9 Å². The molecule has 0 saturated carbocycles. The highest BCUT2D eigenvalue weighted by atomic mass is 16.5. The van der Waals surface area contributed by atoms with Gasteiger partial charge in [0.1, 0.15) is 11.6 Å². The van der Waals surface area contributed by atoms with Gasteiger partial charge in [0.05, 0.1) is 24.9 Å². The summed E-state index contributed by atoms with van der Waals surface area (Å²) in [6.07, 6.45) is 7.95. The normalized spacial score (nSPS) is 16.2. The molecule has 1 aliphatic heterocycles. The van der Waals surface area contributed by atoms with Crippen LogP contribution in [0.3, 0.4) is 0 Å². The average Bonchev–Trinajstić information content (AvgIpc) is 3.58. The first-order valence-corrected chi connectivity index (χ1v) is 12.1. The van der Waals surface area contributed by atoms with Crippen LogP contribution in [0.25, 0.3) is 11.5 Å². The first-order chi connectivity index (χ1) is 17.2. The van der Waals surface area contributed by atoms with E-state index in [2.05, 4.69) is 26.9 Å². The summed E-state index contributed by atoms with van der Waals surface area (Å²) in [5, 5.41) is 7.84. The number of hydrogen-bond donors (Lipinski definition) is 1. The zero-order valence-corrected chi connectivity index (χ0v) is 20.0. The Kier molecular flexibility index (Phi) is 6.95. The molecule has 2 aromatic carbocycles. The third kappa shape index (κ3) is 5.15. The van der Waals surface area contributed by atoms with Gasteiger partial charge < -0.3 is 14.6 Å². The van der Waals surface area contributed by atoms with Gasteiger partial charge in [-0.3, -0.25) is 9.69 Å². The van der Waals surface area contributed by atoms with Crippen molar-refractivity contribution < 1.29 is 9.53 Å². The van der Waals surface area contributed by atoms with Crippen LogP contribution >= 0.6 is 0 Å². The van der Waals surface area contributed by atoms with Crippen LogP contribution in [-0.2, 0) is 17.9 Å². The van der Waals surface area contributed by atoms with Crippen molar-refractivity contribution in [2.24, 2.45) is 5.92 Å². The number of para-hydroxylation sites is 2. The molecule has 1 unspecified atom stereocenters. The Hall–Kier alpha value is -3.84. The average molecular weight is 470 g/mol. The fourth-order valence-electron chi connectivity index (χ4n) is 4.83. The zero-order chi connectivity index (χ0) is 24.0. The van der Waals surface area contributed by atoms with Crippen LogP contribution < -0.4 is 10.1 Å². The maximum Gasteiger partial charge on any atom is 0.224 e. The third-order valence-corrected chi connectivity index (χ3v) is 6.58. The fraction of sp³-hybridized carbons (Fsp3) is 0.286. The van der Waals surface area contributed by atoms with Gasteiger partial charge in [-0.1, -0.05) is 36.4 Å². The molecule has 3 heterocycles. The van der Waals surface area contributed by atoms with E-state index in [0.29, 0.717) is 6.54 Å². The number of amides is 1. The van der Waals surface area contributed by atoms with Gasteiger partial charge in [0, 0.05) is 43.2 Å². The van der Waals surface area contributed by atoms with Crippen LogP contribution in [0.2, 0.25) is 0 Å². The number of methoxy groups -OCH3 is 1. The first kappa shape index (κ1) is 22.9. The smallest absolute Gasteiger partial charge is 0.224 e. The van der Waals surface area contributed by atoms with Crippen LogP contribution in [0.1, 0.15) is 24.0 Å². The summed E-state index contributed by atoms with van der Waals surface area (Å²) in [6.45, 7) is 2.93. The highest BCUT2D eigenvalue weighted by Crippen LogP contribution is 2.25. The molecule has 1 atom stereocenters. The van der Waals surface area contributed by atoms with Gasteiger partial charge >= 0.3 is 0 Å². The second-order valence-corrected chi connectivity index (χ2v) is 8.93. The molecule has 1 fully saturated rings. The monoisotopic (exact) mass is 469 g/mol. The Labute approximate surface area is 205 Å². The lowest BCUT2D eigenvalue weighted by molar-refractivity contribution is -0.126. The summed E-state index contributed by atoms with van der Waals surface area (Å²) in [7, 11) is 1.65. The van der Waals surface area contributed by atoms with Crippen LogP contribution in [0.5, 0.6) is 5.75 Å². The molecule has 0 bridgehead atoms. The SMILES string of the molecule is COc1ccccc1CNC(=O)C1CCCN(Cc2cnn(-c3ccccc3)c2-n2cccc2)C1. The Bertz CT molecular complexity index is 1250. The summed E-state index contributed by atoms with van der Waals surface area (Å²) < 4.78 is 9.50. The lowest BCUT2D eigenvalue weighted by Crippen LogP contribution is -2.42. The fourth-order valence-corrected chi connectivity index (χ4v) is 4.83. The number of piperidine rings is 1. The maximum atomic E-state index is 13.0. The number of rotatable bonds is 8. The molecule has 7 heteroatoms. The minimum atomic E-state index is -0.0300. The Morgan fingerprint density at radius 2 is 1.80 bits per heavy atom. The van der Waals surface area contributed by atoms with E-state index in [-0.39, 0.29) is 11.8 Å². The summed E-state index contributed by atoms with van der Waals surface area (Å²) in [5.74, 6) is 1.90. The van der Waals surface area contributed by atoms with Gasteiger partial charge in [-0.05, 0) is 49.7 Å². The molecule has 7 nitrogen and oxygen atoms in total. The number of ether oxygens (including phenoxy) is 1. The lowest BCUT2D eigenvalue weighted by Gasteiger charge is -2.32. The number of nitrogens with one attached hydrogen (secondary N) is 1. The molecular formula is C28H31N5O2. The molecule has 5 rings (SSSR count). The molecule has 1 aliphatic rings. The number of hydrogen-bond acceptors (Lipinski definition) is 4. The zero-order valence-electron chi connectivity index (χ0n) is 20.0. The molecule has 35 heavy (non-hydrogen) atoms. The molecule has 1 amide bonds. The van der Waals surface area contributed by atoms with Gasteiger partial charge in [-0.25, -0.2) is 4.68 Å². The van der Waals surface area contributed by atoms with E-state index in [0.717, 1.165) is 60.9 Å². The molecule has 1 saturated heterocycles. The van der Waals surface area contributed by atoms with Crippen LogP contribution in [0.4, 0.5) is 0 Å². The van der Waals surface area contributed by atoms with Crippen molar-refractivity contribution in [2.75, 3.05) is 20.2 Å². The van der Waals surface area contributed by atoms with Crippen molar-refractivity contribution in [2.45, 2.75) is 25.9 Å². The van der Waals surface area contributed by atoms with Gasteiger partial charge in [-0.2, -0.15) is 5.10 Å². The minimum absolute atomic E-state index is 0.0300. The Balaban J connectivity index is 1.29. The van der Waals surface area contributed by atoms with Crippen LogP contribution in [-0.4, -0.2) is 45.4 Å². The van der Waals surface area contributed by atoms with Crippen molar-refractivity contribution in [3.8, 4) is 17.3 Å². The van der Waals surface area contributed by atoms with Gasteiger partial charge in [0.2, 0.25) is 5.91 Å². The van der Waals surface area contributed by atoms with Gasteiger partial charge in [-0.15, -0.1) is 0 Å². The lowest BCUT2D eigenvalue weighted by atomic mass is 9.96. The maximum absolute atomic E-state index is 13.0. The standard InChI is InChI=1S/C28H31N5O2/c1-35-26-14-6-5-10-22(26)18-29-27(34)23-11-9-15-31(20-23)21-24-19-30-33(25-12-3-2-4-13-25)28(24)32-16-7-8-17-32/h2-8,10,12-14,16-17,19,23H,9,11,15,18,20-21H2,1H3,(H,29,34). The number of likely N-dealkylation sites (tertiary alicyclic amines) is 1. The van der Waals surface area contributed by atoms with Crippen molar-refractivity contribution >= 4 is 5.91 Å². The predicted octanol–water partition coefficient (Wildman–Crippen LogP) is 4.20. The van der Waals surface area contributed by atoms with E-state index in [1.54, 1.807) is 7.11 Å². The van der Waals surface area contributed by atoms with E-state index >= 15 is 0 Å². The Morgan fingerprint density at radius 1 is 1.03 bits per heavy atom. The Morgan fingerprint density at radius 3 is 2.60 bits per heavy atom. The largest absolute Gasteiger partial charge is 0.496 e. The van der Waals surface area contributed by atoms with E-state index < -0.39 is 0 Å². The molecule has 180 valence electrons. The summed E-state index contributed by atoms with van der Waals surface area (Å²) in [4.78, 5) is 15.4. The van der Waals surface area contributed by atoms with Crippen LogP contribution in [0, 0.1) is 5.92 Å².